The summed E-state index contributed by atoms with van der Waals surface area (Å²) in [5.41, 5.74) is 8.58. The zero-order chi connectivity index (χ0) is 30.0. The largest absolute Gasteiger partial charge is 1.00 e. The molecule has 0 spiro atoms. The average Bonchev–Trinajstić information content (AvgIpc) is 3.42. The summed E-state index contributed by atoms with van der Waals surface area (Å²) in [6, 6.07) is 63.6. The molecule has 0 saturated carbocycles. The van der Waals surface area contributed by atoms with Gasteiger partial charge in [-0.25, -0.2) is 9.13 Å². The Bertz CT molecular complexity index is 2110. The van der Waals surface area contributed by atoms with Gasteiger partial charge in [0.1, 0.15) is 13.1 Å². The lowest BCUT2D eigenvalue weighted by Crippen LogP contribution is -3.00. The minimum absolute atomic E-state index is 0. The SMILES string of the molecule is [Br-].c1ccc(-c2c(-c3ccccc3)[n+](Cc3ccc4ccccc4c3)c(-c3ccccc3)n2Cc2ccc3ccccc3c2)cc1. The Hall–Kier alpha value is -5.25. The van der Waals surface area contributed by atoms with Gasteiger partial charge >= 0.3 is 0 Å². The van der Waals surface area contributed by atoms with Crippen LogP contribution in [-0.2, 0) is 13.1 Å². The predicted molar refractivity (Wildman–Crippen MR) is 187 cm³/mol. The van der Waals surface area contributed by atoms with Gasteiger partial charge in [0.15, 0.2) is 11.4 Å². The molecule has 8 aromatic rings. The van der Waals surface area contributed by atoms with Crippen molar-refractivity contribution in [2.45, 2.75) is 13.1 Å². The van der Waals surface area contributed by atoms with E-state index in [2.05, 4.69) is 185 Å². The van der Waals surface area contributed by atoms with E-state index in [1.807, 2.05) is 0 Å². The van der Waals surface area contributed by atoms with Gasteiger partial charge < -0.3 is 17.0 Å². The first-order chi connectivity index (χ1) is 22.3. The molecule has 2 nitrogen and oxygen atoms in total. The van der Waals surface area contributed by atoms with E-state index in [0.717, 1.165) is 13.1 Å². The minimum atomic E-state index is 0. The van der Waals surface area contributed by atoms with E-state index in [0.29, 0.717) is 0 Å². The molecule has 0 atom stereocenters. The van der Waals surface area contributed by atoms with Crippen LogP contribution in [0.1, 0.15) is 11.1 Å². The van der Waals surface area contributed by atoms with Gasteiger partial charge in [0.05, 0.1) is 5.56 Å². The molecule has 0 amide bonds. The van der Waals surface area contributed by atoms with Gasteiger partial charge in [-0.15, -0.1) is 0 Å². The third-order valence-electron chi connectivity index (χ3n) is 8.71. The van der Waals surface area contributed by atoms with Crippen LogP contribution in [0.5, 0.6) is 0 Å². The topological polar surface area (TPSA) is 8.81 Å². The second-order valence-corrected chi connectivity index (χ2v) is 11.7. The van der Waals surface area contributed by atoms with Crippen molar-refractivity contribution >= 4 is 21.5 Å². The van der Waals surface area contributed by atoms with Crippen molar-refractivity contribution < 1.29 is 21.5 Å². The van der Waals surface area contributed by atoms with Crippen LogP contribution in [-0.4, -0.2) is 4.57 Å². The van der Waals surface area contributed by atoms with Gasteiger partial charge in [-0.1, -0.05) is 152 Å². The van der Waals surface area contributed by atoms with E-state index in [9.17, 15) is 0 Å². The predicted octanol–water partition coefficient (Wildman–Crippen LogP) is 7.18. The average molecular weight is 658 g/mol. The molecule has 1 aromatic heterocycles. The Morgan fingerprint density at radius 3 is 1.46 bits per heavy atom. The summed E-state index contributed by atoms with van der Waals surface area (Å²) in [5.74, 6) is 1.19. The van der Waals surface area contributed by atoms with Crippen molar-refractivity contribution in [3.05, 3.63) is 187 Å². The summed E-state index contributed by atoms with van der Waals surface area (Å²) in [6.45, 7) is 1.48. The molecular weight excluding hydrogens is 624 g/mol. The van der Waals surface area contributed by atoms with E-state index >= 15 is 0 Å². The summed E-state index contributed by atoms with van der Waals surface area (Å²) in [4.78, 5) is 0. The van der Waals surface area contributed by atoms with E-state index in [1.165, 1.54) is 66.6 Å². The zero-order valence-electron chi connectivity index (χ0n) is 25.4. The quantitative estimate of drug-likeness (QED) is 0.161. The van der Waals surface area contributed by atoms with Crippen LogP contribution in [0.2, 0.25) is 0 Å². The molecule has 0 bridgehead atoms. The highest BCUT2D eigenvalue weighted by molar-refractivity contribution is 5.84. The van der Waals surface area contributed by atoms with Crippen molar-refractivity contribution in [3.63, 3.8) is 0 Å². The molecule has 0 unspecified atom stereocenters. The Morgan fingerprint density at radius 1 is 0.413 bits per heavy atom. The molecule has 7 aromatic carbocycles. The molecule has 222 valence electrons. The number of imidazole rings is 1. The van der Waals surface area contributed by atoms with Crippen LogP contribution in [0.25, 0.3) is 55.4 Å². The number of hydrogen-bond acceptors (Lipinski definition) is 0. The summed E-state index contributed by atoms with van der Waals surface area (Å²) < 4.78 is 5.08. The number of fused-ring (bicyclic) bond motifs is 2. The number of benzene rings is 7. The van der Waals surface area contributed by atoms with Gasteiger partial charge in [0.2, 0.25) is 0 Å². The Labute approximate surface area is 280 Å². The molecule has 46 heavy (non-hydrogen) atoms. The molecule has 1 heterocycles. The molecule has 0 radical (unpaired) electrons. The van der Waals surface area contributed by atoms with Crippen molar-refractivity contribution in [2.75, 3.05) is 0 Å². The second-order valence-electron chi connectivity index (χ2n) is 11.7. The highest BCUT2D eigenvalue weighted by Gasteiger charge is 2.33. The van der Waals surface area contributed by atoms with Gasteiger partial charge in [0.25, 0.3) is 5.82 Å². The molecule has 0 aliphatic heterocycles. The number of halogens is 1. The lowest BCUT2D eigenvalue weighted by atomic mass is 10.0. The lowest BCUT2D eigenvalue weighted by Gasteiger charge is -2.09. The van der Waals surface area contributed by atoms with E-state index < -0.39 is 0 Å². The summed E-state index contributed by atoms with van der Waals surface area (Å²) in [5, 5.41) is 5.04. The molecule has 0 aliphatic rings. The Balaban J connectivity index is 0.00000338. The highest BCUT2D eigenvalue weighted by atomic mass is 79.9. The molecule has 3 heteroatoms. The van der Waals surface area contributed by atoms with Crippen molar-refractivity contribution in [1.82, 2.24) is 4.57 Å². The molecule has 0 saturated heterocycles. The van der Waals surface area contributed by atoms with Gasteiger partial charge in [-0.05, 0) is 56.9 Å². The Kier molecular flexibility index (Phi) is 8.33. The maximum atomic E-state index is 2.54. The number of rotatable bonds is 7. The van der Waals surface area contributed by atoms with Gasteiger partial charge in [0, 0.05) is 11.1 Å². The fourth-order valence-corrected chi connectivity index (χ4v) is 6.64. The van der Waals surface area contributed by atoms with Crippen LogP contribution in [0.3, 0.4) is 0 Å². The van der Waals surface area contributed by atoms with Crippen molar-refractivity contribution in [1.29, 1.82) is 0 Å². The molecule has 0 aliphatic carbocycles. The van der Waals surface area contributed by atoms with E-state index in [-0.39, 0.29) is 17.0 Å². The smallest absolute Gasteiger partial charge is 0.290 e. The molecule has 0 fully saturated rings. The van der Waals surface area contributed by atoms with Crippen molar-refractivity contribution in [2.24, 2.45) is 0 Å². The summed E-state index contributed by atoms with van der Waals surface area (Å²) in [6.07, 6.45) is 0. The van der Waals surface area contributed by atoms with Crippen LogP contribution < -0.4 is 21.5 Å². The third-order valence-corrected chi connectivity index (χ3v) is 8.71. The van der Waals surface area contributed by atoms with Crippen molar-refractivity contribution in [3.8, 4) is 33.9 Å². The van der Waals surface area contributed by atoms with Crippen LogP contribution in [0, 0.1) is 0 Å². The van der Waals surface area contributed by atoms with Crippen LogP contribution >= 0.6 is 0 Å². The summed E-state index contributed by atoms with van der Waals surface area (Å²) in [7, 11) is 0. The maximum Gasteiger partial charge on any atom is 0.290 e. The van der Waals surface area contributed by atoms with Crippen LogP contribution in [0.15, 0.2) is 176 Å². The fraction of sp³-hybridized carbons (Fsp3) is 0.0465. The first-order valence-corrected chi connectivity index (χ1v) is 15.6. The highest BCUT2D eigenvalue weighted by Crippen LogP contribution is 2.36. The van der Waals surface area contributed by atoms with Crippen LogP contribution in [0.4, 0.5) is 0 Å². The number of hydrogen-bond donors (Lipinski definition) is 0. The second kappa shape index (κ2) is 13.0. The Morgan fingerprint density at radius 2 is 0.870 bits per heavy atom. The lowest BCUT2D eigenvalue weighted by molar-refractivity contribution is -0.665. The normalized spacial score (nSPS) is 11.0. The molecular formula is C43H33BrN2. The molecule has 0 N–H and O–H groups in total. The zero-order valence-corrected chi connectivity index (χ0v) is 27.0. The maximum absolute atomic E-state index is 2.54. The first kappa shape index (κ1) is 29.5. The number of nitrogens with zero attached hydrogens (tertiary/aromatic N) is 2. The molecule has 8 rings (SSSR count). The van der Waals surface area contributed by atoms with Gasteiger partial charge in [-0.2, -0.15) is 0 Å². The van der Waals surface area contributed by atoms with E-state index in [4.69, 9.17) is 0 Å². The summed E-state index contributed by atoms with van der Waals surface area (Å²) >= 11 is 0. The third kappa shape index (κ3) is 5.66. The van der Waals surface area contributed by atoms with E-state index in [1.54, 1.807) is 0 Å². The monoisotopic (exact) mass is 656 g/mol. The first-order valence-electron chi connectivity index (χ1n) is 15.6. The number of aromatic nitrogens is 2. The fourth-order valence-electron chi connectivity index (χ4n) is 6.64. The minimum Gasteiger partial charge on any atom is -1.00 e. The van der Waals surface area contributed by atoms with Gasteiger partial charge in [-0.3, -0.25) is 0 Å². The standard InChI is InChI=1S/C43H33N2.BrH/c1-4-16-36(17-5-1)41-42(37-18-6-2-7-19-37)45(31-33-25-27-35-15-11-13-23-40(35)29-33)43(38-20-8-3-9-21-38)44(41)30-32-24-26-34-14-10-12-22-39(34)28-32;/h1-29H,30-31H2;1H/q+1;/p-1.